The lowest BCUT2D eigenvalue weighted by Crippen LogP contribution is -2.29. The van der Waals surface area contributed by atoms with Crippen molar-refractivity contribution >= 4 is 21.2 Å². The standard InChI is InChI=1S/C23H22N4O3S/c28-31(29,19-9-8-16-4-1-5-17(16)14-19)26-12-10-18(15-26)27-22-20(6-2-11-24-22)25-23(27)21-7-3-13-30-21/h2-3,6-9,11,13-14,18H,1,4-5,10,12,15H2. The van der Waals surface area contributed by atoms with Crippen LogP contribution in [0.3, 0.4) is 0 Å². The SMILES string of the molecule is O=S(=O)(c1ccc2c(c1)CCC2)N1CCC(n2c(-c3ccco3)nc3cccnc32)C1. The Morgan fingerprint density at radius 1 is 1.06 bits per heavy atom. The summed E-state index contributed by atoms with van der Waals surface area (Å²) in [4.78, 5) is 9.65. The molecule has 1 aromatic carbocycles. The van der Waals surface area contributed by atoms with Crippen LogP contribution in [0.15, 0.2) is 64.2 Å². The lowest BCUT2D eigenvalue weighted by molar-refractivity contribution is 0.453. The number of imidazole rings is 1. The van der Waals surface area contributed by atoms with Gasteiger partial charge in [0.1, 0.15) is 5.52 Å². The Morgan fingerprint density at radius 3 is 2.84 bits per heavy atom. The minimum atomic E-state index is -3.55. The molecule has 0 saturated carbocycles. The van der Waals surface area contributed by atoms with Crippen LogP contribution >= 0.6 is 0 Å². The minimum Gasteiger partial charge on any atom is -0.461 e. The zero-order valence-corrected chi connectivity index (χ0v) is 17.8. The molecule has 0 spiro atoms. The van der Waals surface area contributed by atoms with Gasteiger partial charge in [-0.1, -0.05) is 6.07 Å². The number of hydrogen-bond acceptors (Lipinski definition) is 5. The molecule has 0 N–H and O–H groups in total. The highest BCUT2D eigenvalue weighted by Gasteiger charge is 2.36. The highest BCUT2D eigenvalue weighted by molar-refractivity contribution is 7.89. The first-order chi connectivity index (χ1) is 15.1. The van der Waals surface area contributed by atoms with E-state index in [9.17, 15) is 8.42 Å². The maximum Gasteiger partial charge on any atom is 0.243 e. The van der Waals surface area contributed by atoms with Crippen molar-refractivity contribution in [3.8, 4) is 11.6 Å². The van der Waals surface area contributed by atoms with Crippen LogP contribution in [0.1, 0.15) is 30.0 Å². The number of aryl methyl sites for hydroxylation is 2. The second-order valence-electron chi connectivity index (χ2n) is 8.22. The van der Waals surface area contributed by atoms with E-state index in [0.29, 0.717) is 36.0 Å². The van der Waals surface area contributed by atoms with Crippen molar-refractivity contribution in [2.75, 3.05) is 13.1 Å². The maximum absolute atomic E-state index is 13.4. The molecule has 8 heteroatoms. The summed E-state index contributed by atoms with van der Waals surface area (Å²) in [6.07, 6.45) is 7.14. The zero-order valence-electron chi connectivity index (χ0n) is 16.9. The van der Waals surface area contributed by atoms with Crippen LogP contribution in [-0.4, -0.2) is 40.3 Å². The summed E-state index contributed by atoms with van der Waals surface area (Å²) >= 11 is 0. The molecule has 1 atom stereocenters. The summed E-state index contributed by atoms with van der Waals surface area (Å²) in [5.41, 5.74) is 3.96. The molecule has 158 valence electrons. The molecule has 7 nitrogen and oxygen atoms in total. The summed E-state index contributed by atoms with van der Waals surface area (Å²) in [5.74, 6) is 1.33. The first-order valence-corrected chi connectivity index (χ1v) is 12.0. The van der Waals surface area contributed by atoms with Gasteiger partial charge in [-0.05, 0) is 73.2 Å². The fourth-order valence-corrected chi connectivity index (χ4v) is 6.40. The molecule has 0 amide bonds. The van der Waals surface area contributed by atoms with Crippen LogP contribution in [0.4, 0.5) is 0 Å². The number of rotatable bonds is 4. The molecule has 31 heavy (non-hydrogen) atoms. The Balaban J connectivity index is 1.36. The van der Waals surface area contributed by atoms with Gasteiger partial charge in [-0.15, -0.1) is 0 Å². The number of hydrogen-bond donors (Lipinski definition) is 0. The Kier molecular flexibility index (Phi) is 4.26. The van der Waals surface area contributed by atoms with Gasteiger partial charge in [0.2, 0.25) is 10.0 Å². The molecular formula is C23H22N4O3S. The molecular weight excluding hydrogens is 412 g/mol. The summed E-state index contributed by atoms with van der Waals surface area (Å²) in [6, 6.07) is 13.0. The Hall–Kier alpha value is -2.97. The van der Waals surface area contributed by atoms with E-state index < -0.39 is 10.0 Å². The highest BCUT2D eigenvalue weighted by Crippen LogP contribution is 2.35. The van der Waals surface area contributed by atoms with Crippen LogP contribution in [0.25, 0.3) is 22.7 Å². The first kappa shape index (κ1) is 18.8. The molecule has 0 radical (unpaired) electrons. The van der Waals surface area contributed by atoms with Crippen LogP contribution in [0, 0.1) is 0 Å². The normalized spacial score (nSPS) is 19.3. The summed E-state index contributed by atoms with van der Waals surface area (Å²) in [7, 11) is -3.55. The lowest BCUT2D eigenvalue weighted by atomic mass is 10.1. The average Bonchev–Trinajstić information content (AvgIpc) is 3.58. The molecule has 2 aliphatic rings. The summed E-state index contributed by atoms with van der Waals surface area (Å²) in [5, 5.41) is 0. The van der Waals surface area contributed by atoms with Crippen molar-refractivity contribution in [1.29, 1.82) is 0 Å². The Labute approximate surface area is 180 Å². The molecule has 1 saturated heterocycles. The van der Waals surface area contributed by atoms with Crippen LogP contribution in [0.5, 0.6) is 0 Å². The fraction of sp³-hybridized carbons (Fsp3) is 0.304. The van der Waals surface area contributed by atoms with Gasteiger partial charge in [-0.3, -0.25) is 0 Å². The number of nitrogens with zero attached hydrogens (tertiary/aromatic N) is 4. The van der Waals surface area contributed by atoms with Crippen LogP contribution in [-0.2, 0) is 22.9 Å². The van der Waals surface area contributed by atoms with Crippen molar-refractivity contribution in [3.05, 3.63) is 66.1 Å². The molecule has 3 aromatic heterocycles. The smallest absolute Gasteiger partial charge is 0.243 e. The molecule has 1 fully saturated rings. The van der Waals surface area contributed by atoms with E-state index in [2.05, 4.69) is 4.98 Å². The number of pyridine rings is 1. The van der Waals surface area contributed by atoms with E-state index in [-0.39, 0.29) is 6.04 Å². The van der Waals surface area contributed by atoms with Crippen molar-refractivity contribution < 1.29 is 12.8 Å². The number of fused-ring (bicyclic) bond motifs is 2. The van der Waals surface area contributed by atoms with Crippen LogP contribution in [0.2, 0.25) is 0 Å². The fourth-order valence-electron chi connectivity index (χ4n) is 4.85. The monoisotopic (exact) mass is 434 g/mol. The molecule has 1 unspecified atom stereocenters. The number of aromatic nitrogens is 3. The molecule has 0 bridgehead atoms. The molecule has 6 rings (SSSR count). The van der Waals surface area contributed by atoms with Gasteiger partial charge in [0.05, 0.1) is 17.2 Å². The third kappa shape index (κ3) is 3.01. The molecule has 4 heterocycles. The zero-order chi connectivity index (χ0) is 21.0. The van der Waals surface area contributed by atoms with E-state index in [4.69, 9.17) is 9.40 Å². The van der Waals surface area contributed by atoms with Gasteiger partial charge < -0.3 is 8.98 Å². The van der Waals surface area contributed by atoms with Crippen molar-refractivity contribution in [3.63, 3.8) is 0 Å². The number of furan rings is 1. The third-order valence-electron chi connectivity index (χ3n) is 6.39. The van der Waals surface area contributed by atoms with Gasteiger partial charge >= 0.3 is 0 Å². The quantitative estimate of drug-likeness (QED) is 0.488. The molecule has 1 aliphatic carbocycles. The molecule has 4 aromatic rings. The Morgan fingerprint density at radius 2 is 1.97 bits per heavy atom. The van der Waals surface area contributed by atoms with Gasteiger partial charge in [0, 0.05) is 19.3 Å². The Bertz CT molecular complexity index is 1380. The van der Waals surface area contributed by atoms with Gasteiger partial charge in [0.15, 0.2) is 17.2 Å². The van der Waals surface area contributed by atoms with Crippen LogP contribution < -0.4 is 0 Å². The van der Waals surface area contributed by atoms with Gasteiger partial charge in [0.25, 0.3) is 0 Å². The van der Waals surface area contributed by atoms with Crippen molar-refractivity contribution in [2.24, 2.45) is 0 Å². The van der Waals surface area contributed by atoms with Crippen molar-refractivity contribution in [2.45, 2.75) is 36.6 Å². The van der Waals surface area contributed by atoms with E-state index in [1.165, 1.54) is 11.1 Å². The first-order valence-electron chi connectivity index (χ1n) is 10.6. The number of sulfonamides is 1. The topological polar surface area (TPSA) is 81.2 Å². The average molecular weight is 435 g/mol. The third-order valence-corrected chi connectivity index (χ3v) is 8.25. The van der Waals surface area contributed by atoms with E-state index in [1.807, 2.05) is 41.0 Å². The predicted octanol–water partition coefficient (Wildman–Crippen LogP) is 3.82. The van der Waals surface area contributed by atoms with Gasteiger partial charge in [-0.25, -0.2) is 18.4 Å². The lowest BCUT2D eigenvalue weighted by Gasteiger charge is -2.19. The van der Waals surface area contributed by atoms with Gasteiger partial charge in [-0.2, -0.15) is 4.31 Å². The second-order valence-corrected chi connectivity index (χ2v) is 10.2. The van der Waals surface area contributed by atoms with E-state index in [1.54, 1.807) is 22.8 Å². The highest BCUT2D eigenvalue weighted by atomic mass is 32.2. The summed E-state index contributed by atoms with van der Waals surface area (Å²) < 4.78 is 36.0. The minimum absolute atomic E-state index is 0.0656. The van der Waals surface area contributed by atoms with Crippen molar-refractivity contribution in [1.82, 2.24) is 18.8 Å². The van der Waals surface area contributed by atoms with E-state index in [0.717, 1.165) is 30.4 Å². The van der Waals surface area contributed by atoms with E-state index >= 15 is 0 Å². The number of benzene rings is 1. The molecule has 1 aliphatic heterocycles. The predicted molar refractivity (Wildman–Crippen MR) is 116 cm³/mol. The second kappa shape index (κ2) is 7.03. The summed E-state index contributed by atoms with van der Waals surface area (Å²) in [6.45, 7) is 0.851. The maximum atomic E-state index is 13.4. The largest absolute Gasteiger partial charge is 0.461 e.